The number of carbonyl (C=O) groups is 1. The van der Waals surface area contributed by atoms with Crippen LogP contribution in [0.1, 0.15) is 24.3 Å². The average molecular weight is 407 g/mol. The molecule has 4 rings (SSSR count). The number of hydrogen-bond acceptors (Lipinski definition) is 7. The highest BCUT2D eigenvalue weighted by atomic mass is 16.5. The molecular formula is C22H25N5O3. The summed E-state index contributed by atoms with van der Waals surface area (Å²) < 4.78 is 10.9. The van der Waals surface area contributed by atoms with Crippen LogP contribution < -0.4 is 10.1 Å². The zero-order chi connectivity index (χ0) is 20.8. The van der Waals surface area contributed by atoms with E-state index in [0.29, 0.717) is 24.9 Å². The quantitative estimate of drug-likeness (QED) is 0.643. The van der Waals surface area contributed by atoms with E-state index in [9.17, 15) is 4.79 Å². The van der Waals surface area contributed by atoms with E-state index in [1.165, 1.54) is 0 Å². The molecule has 8 nitrogen and oxygen atoms in total. The van der Waals surface area contributed by atoms with Gasteiger partial charge in [-0.1, -0.05) is 12.1 Å². The minimum atomic E-state index is 0.0353. The van der Waals surface area contributed by atoms with E-state index in [1.54, 1.807) is 19.5 Å². The fraction of sp³-hybridized carbons (Fsp3) is 0.364. The number of likely N-dealkylation sites (tertiary alicyclic amines) is 1. The predicted octanol–water partition coefficient (Wildman–Crippen LogP) is 2.67. The number of pyridine rings is 1. The molecule has 1 fully saturated rings. The molecule has 0 bridgehead atoms. The molecule has 3 heterocycles. The van der Waals surface area contributed by atoms with Crippen molar-refractivity contribution in [2.75, 3.05) is 20.2 Å². The maximum atomic E-state index is 12.5. The second kappa shape index (κ2) is 9.49. The number of methoxy groups -OCH3 is 1. The van der Waals surface area contributed by atoms with Gasteiger partial charge < -0.3 is 14.5 Å². The van der Waals surface area contributed by atoms with Crippen LogP contribution in [0.3, 0.4) is 0 Å². The van der Waals surface area contributed by atoms with Crippen molar-refractivity contribution in [1.29, 1.82) is 0 Å². The third kappa shape index (κ3) is 5.01. The fourth-order valence-corrected chi connectivity index (χ4v) is 3.54. The molecule has 156 valence electrons. The van der Waals surface area contributed by atoms with Crippen molar-refractivity contribution in [3.63, 3.8) is 0 Å². The van der Waals surface area contributed by atoms with Crippen molar-refractivity contribution in [3.8, 4) is 17.2 Å². The second-order valence-electron chi connectivity index (χ2n) is 7.36. The van der Waals surface area contributed by atoms with E-state index in [4.69, 9.17) is 9.15 Å². The summed E-state index contributed by atoms with van der Waals surface area (Å²) in [6.07, 6.45) is 5.04. The molecule has 0 atom stereocenters. The van der Waals surface area contributed by atoms with Crippen molar-refractivity contribution in [1.82, 2.24) is 25.4 Å². The smallest absolute Gasteiger partial charge is 0.249 e. The Labute approximate surface area is 175 Å². The number of ether oxygens (including phenoxy) is 1. The number of carbonyl (C=O) groups excluding carboxylic acids is 1. The molecule has 0 unspecified atom stereocenters. The molecular weight excluding hydrogens is 382 g/mol. The van der Waals surface area contributed by atoms with Crippen molar-refractivity contribution < 1.29 is 13.9 Å². The molecule has 3 aromatic rings. The highest BCUT2D eigenvalue weighted by molar-refractivity contribution is 5.78. The summed E-state index contributed by atoms with van der Waals surface area (Å²) in [7, 11) is 1.64. The highest BCUT2D eigenvalue weighted by Gasteiger charge is 2.25. The van der Waals surface area contributed by atoms with Gasteiger partial charge in [-0.25, -0.2) is 0 Å². The van der Waals surface area contributed by atoms with Gasteiger partial charge in [0.2, 0.25) is 17.7 Å². The first kappa shape index (κ1) is 20.0. The van der Waals surface area contributed by atoms with Gasteiger partial charge in [-0.05, 0) is 55.8 Å². The van der Waals surface area contributed by atoms with Gasteiger partial charge in [0, 0.05) is 24.9 Å². The van der Waals surface area contributed by atoms with Crippen molar-refractivity contribution in [2.24, 2.45) is 5.92 Å². The van der Waals surface area contributed by atoms with Gasteiger partial charge in [-0.2, -0.15) is 0 Å². The van der Waals surface area contributed by atoms with Crippen LogP contribution in [0.5, 0.6) is 5.75 Å². The summed E-state index contributed by atoms with van der Waals surface area (Å²) in [4.78, 5) is 18.8. The molecule has 0 radical (unpaired) electrons. The second-order valence-corrected chi connectivity index (χ2v) is 7.36. The number of nitrogens with one attached hydrogen (secondary N) is 1. The predicted molar refractivity (Wildman–Crippen MR) is 110 cm³/mol. The molecule has 2 aromatic heterocycles. The molecule has 1 amide bonds. The normalized spacial score (nSPS) is 15.1. The topological polar surface area (TPSA) is 93.4 Å². The Balaban J connectivity index is 1.22. The van der Waals surface area contributed by atoms with Crippen LogP contribution in [0.4, 0.5) is 0 Å². The minimum absolute atomic E-state index is 0.0353. The lowest BCUT2D eigenvalue weighted by atomic mass is 9.96. The van der Waals surface area contributed by atoms with Crippen LogP contribution in [0, 0.1) is 5.92 Å². The molecule has 1 N–H and O–H groups in total. The van der Waals surface area contributed by atoms with Gasteiger partial charge in [-0.15, -0.1) is 10.2 Å². The first-order chi connectivity index (χ1) is 14.7. The summed E-state index contributed by atoms with van der Waals surface area (Å²) in [6, 6.07) is 11.5. The van der Waals surface area contributed by atoms with E-state index in [2.05, 4.69) is 25.4 Å². The third-order valence-corrected chi connectivity index (χ3v) is 5.32. The van der Waals surface area contributed by atoms with Crippen LogP contribution in [0.25, 0.3) is 11.5 Å². The number of rotatable bonds is 7. The largest absolute Gasteiger partial charge is 0.497 e. The molecule has 1 aromatic carbocycles. The number of nitrogens with zero attached hydrogens (tertiary/aromatic N) is 4. The maximum absolute atomic E-state index is 12.5. The summed E-state index contributed by atoms with van der Waals surface area (Å²) >= 11 is 0. The molecule has 1 aliphatic rings. The molecule has 0 aliphatic carbocycles. The first-order valence-electron chi connectivity index (χ1n) is 10.1. The average Bonchev–Trinajstić information content (AvgIpc) is 3.27. The van der Waals surface area contributed by atoms with Crippen LogP contribution in [-0.4, -0.2) is 46.2 Å². The van der Waals surface area contributed by atoms with Crippen molar-refractivity contribution in [2.45, 2.75) is 25.9 Å². The van der Waals surface area contributed by atoms with Gasteiger partial charge >= 0.3 is 0 Å². The zero-order valence-corrected chi connectivity index (χ0v) is 17.0. The minimum Gasteiger partial charge on any atom is -0.497 e. The lowest BCUT2D eigenvalue weighted by Crippen LogP contribution is -2.40. The Morgan fingerprint density at radius 2 is 2.00 bits per heavy atom. The van der Waals surface area contributed by atoms with E-state index in [-0.39, 0.29) is 11.8 Å². The van der Waals surface area contributed by atoms with E-state index in [1.807, 2.05) is 36.4 Å². The third-order valence-electron chi connectivity index (χ3n) is 5.32. The summed E-state index contributed by atoms with van der Waals surface area (Å²) in [6.45, 7) is 2.77. The molecule has 8 heteroatoms. The lowest BCUT2D eigenvalue weighted by molar-refractivity contribution is -0.126. The monoisotopic (exact) mass is 407 g/mol. The lowest BCUT2D eigenvalue weighted by Gasteiger charge is -2.30. The van der Waals surface area contributed by atoms with Crippen LogP contribution in [0.15, 0.2) is 53.2 Å². The van der Waals surface area contributed by atoms with Crippen molar-refractivity contribution in [3.05, 3.63) is 60.2 Å². The first-order valence-corrected chi connectivity index (χ1v) is 10.1. The number of hydrogen-bond donors (Lipinski definition) is 1. The van der Waals surface area contributed by atoms with Gasteiger partial charge in [0.1, 0.15) is 5.75 Å². The Morgan fingerprint density at radius 3 is 2.70 bits per heavy atom. The number of aromatic nitrogens is 3. The van der Waals surface area contributed by atoms with Gasteiger partial charge in [0.25, 0.3) is 0 Å². The molecule has 30 heavy (non-hydrogen) atoms. The van der Waals surface area contributed by atoms with Crippen LogP contribution in [-0.2, 0) is 17.9 Å². The number of piperidine rings is 1. The Morgan fingerprint density at radius 1 is 1.20 bits per heavy atom. The van der Waals surface area contributed by atoms with Gasteiger partial charge in [0.05, 0.1) is 19.2 Å². The van der Waals surface area contributed by atoms with E-state index >= 15 is 0 Å². The molecule has 1 aliphatic heterocycles. The zero-order valence-electron chi connectivity index (χ0n) is 17.0. The number of benzene rings is 1. The van der Waals surface area contributed by atoms with Crippen LogP contribution >= 0.6 is 0 Å². The van der Waals surface area contributed by atoms with E-state index in [0.717, 1.165) is 42.8 Å². The van der Waals surface area contributed by atoms with E-state index < -0.39 is 0 Å². The van der Waals surface area contributed by atoms with Crippen LogP contribution in [0.2, 0.25) is 0 Å². The van der Waals surface area contributed by atoms with Gasteiger partial charge in [0.15, 0.2) is 0 Å². The Hall–Kier alpha value is -3.26. The Kier molecular flexibility index (Phi) is 6.34. The summed E-state index contributed by atoms with van der Waals surface area (Å²) in [5.74, 6) is 2.02. The fourth-order valence-electron chi connectivity index (χ4n) is 3.54. The maximum Gasteiger partial charge on any atom is 0.249 e. The summed E-state index contributed by atoms with van der Waals surface area (Å²) in [5.41, 5.74) is 1.87. The van der Waals surface area contributed by atoms with Gasteiger partial charge in [-0.3, -0.25) is 14.7 Å². The molecule has 0 saturated carbocycles. The SMILES string of the molecule is COc1ccc(CNC(=O)C2CCN(Cc3nnc(-c4cccnc4)o3)CC2)cc1. The summed E-state index contributed by atoms with van der Waals surface area (Å²) in [5, 5.41) is 11.3. The molecule has 1 saturated heterocycles. The Bertz CT molecular complexity index is 950. The highest BCUT2D eigenvalue weighted by Crippen LogP contribution is 2.21. The number of amides is 1. The standard InChI is InChI=1S/C22H25N5O3/c1-29-19-6-4-16(5-7-19)13-24-21(28)17-8-11-27(12-9-17)15-20-25-26-22(30-20)18-3-2-10-23-14-18/h2-7,10,14,17H,8-9,11-13,15H2,1H3,(H,24,28). The van der Waals surface area contributed by atoms with Crippen molar-refractivity contribution >= 4 is 5.91 Å². The molecule has 0 spiro atoms.